The lowest BCUT2D eigenvalue weighted by Crippen LogP contribution is -2.40. The zero-order valence-corrected chi connectivity index (χ0v) is 11.9. The van der Waals surface area contributed by atoms with Gasteiger partial charge in [0.15, 0.2) is 9.84 Å². The topological polar surface area (TPSA) is 55.4 Å². The minimum absolute atomic E-state index is 0.0859. The lowest BCUT2D eigenvalue weighted by Gasteiger charge is -2.21. The molecule has 0 aromatic heterocycles. The molecule has 4 nitrogen and oxygen atoms in total. The van der Waals surface area contributed by atoms with Crippen molar-refractivity contribution in [2.45, 2.75) is 57.4 Å². The first kappa shape index (κ1) is 14.9. The van der Waals surface area contributed by atoms with Crippen LogP contribution in [0, 0.1) is 0 Å². The van der Waals surface area contributed by atoms with Gasteiger partial charge in [-0.1, -0.05) is 20.3 Å². The summed E-state index contributed by atoms with van der Waals surface area (Å²) in [6.07, 6.45) is 2.41. The van der Waals surface area contributed by atoms with Crippen LogP contribution < -0.4 is 5.32 Å². The third-order valence-electron chi connectivity index (χ3n) is 3.33. The molecule has 3 atom stereocenters. The molecule has 0 radical (unpaired) electrons. The van der Waals surface area contributed by atoms with Crippen molar-refractivity contribution in [2.75, 3.05) is 18.9 Å². The van der Waals surface area contributed by atoms with E-state index in [0.29, 0.717) is 13.0 Å². The standard InChI is InChI=1S/C12H25NO3S/c1-4-6-11(13-5-2)9-17(14,15)12-7-8-16-10(12)3/h10-13H,4-9H2,1-3H3. The Morgan fingerprint density at radius 3 is 2.59 bits per heavy atom. The average Bonchev–Trinajstić information content (AvgIpc) is 2.65. The highest BCUT2D eigenvalue weighted by atomic mass is 32.2. The van der Waals surface area contributed by atoms with Crippen molar-refractivity contribution in [3.05, 3.63) is 0 Å². The van der Waals surface area contributed by atoms with Gasteiger partial charge in [0, 0.05) is 12.6 Å². The van der Waals surface area contributed by atoms with Crippen LogP contribution in [0.15, 0.2) is 0 Å². The van der Waals surface area contributed by atoms with E-state index >= 15 is 0 Å². The Hall–Kier alpha value is -0.130. The van der Waals surface area contributed by atoms with Crippen molar-refractivity contribution in [3.8, 4) is 0 Å². The molecule has 5 heteroatoms. The Morgan fingerprint density at radius 1 is 1.41 bits per heavy atom. The summed E-state index contributed by atoms with van der Waals surface area (Å²) < 4.78 is 29.9. The molecule has 17 heavy (non-hydrogen) atoms. The van der Waals surface area contributed by atoms with Crippen LogP contribution in [0.4, 0.5) is 0 Å². The van der Waals surface area contributed by atoms with Crippen LogP contribution in [0.5, 0.6) is 0 Å². The maximum Gasteiger partial charge on any atom is 0.157 e. The van der Waals surface area contributed by atoms with Crippen LogP contribution in [0.25, 0.3) is 0 Å². The minimum atomic E-state index is -3.04. The van der Waals surface area contributed by atoms with E-state index in [-0.39, 0.29) is 23.1 Å². The van der Waals surface area contributed by atoms with E-state index in [1.165, 1.54) is 0 Å². The van der Waals surface area contributed by atoms with Gasteiger partial charge >= 0.3 is 0 Å². The highest BCUT2D eigenvalue weighted by Crippen LogP contribution is 2.22. The summed E-state index contributed by atoms with van der Waals surface area (Å²) in [4.78, 5) is 0. The Kier molecular flexibility index (Phi) is 5.89. The summed E-state index contributed by atoms with van der Waals surface area (Å²) >= 11 is 0. The van der Waals surface area contributed by atoms with Crippen molar-refractivity contribution in [1.29, 1.82) is 0 Å². The summed E-state index contributed by atoms with van der Waals surface area (Å²) in [5.74, 6) is 0.243. The molecule has 1 saturated heterocycles. The minimum Gasteiger partial charge on any atom is -0.377 e. The van der Waals surface area contributed by atoms with Gasteiger partial charge in [0.05, 0.1) is 17.1 Å². The number of hydrogen-bond donors (Lipinski definition) is 1. The molecule has 1 rings (SSSR count). The maximum atomic E-state index is 12.3. The van der Waals surface area contributed by atoms with Gasteiger partial charge in [0.2, 0.25) is 0 Å². The van der Waals surface area contributed by atoms with Gasteiger partial charge in [-0.15, -0.1) is 0 Å². The lowest BCUT2D eigenvalue weighted by atomic mass is 10.2. The van der Waals surface area contributed by atoms with Crippen LogP contribution in [-0.2, 0) is 14.6 Å². The molecule has 0 aromatic rings. The second-order valence-corrected chi connectivity index (χ2v) is 7.04. The molecule has 0 spiro atoms. The van der Waals surface area contributed by atoms with E-state index in [9.17, 15) is 8.42 Å². The SMILES string of the molecule is CCCC(CS(=O)(=O)C1CCOC1C)NCC. The van der Waals surface area contributed by atoms with Crippen LogP contribution in [0.2, 0.25) is 0 Å². The molecule has 0 saturated carbocycles. The summed E-state index contributed by atoms with van der Waals surface area (Å²) in [5, 5.41) is 2.95. The smallest absolute Gasteiger partial charge is 0.157 e. The monoisotopic (exact) mass is 263 g/mol. The van der Waals surface area contributed by atoms with Gasteiger partial charge in [0.25, 0.3) is 0 Å². The highest BCUT2D eigenvalue weighted by Gasteiger charge is 2.36. The fourth-order valence-corrected chi connectivity index (χ4v) is 4.68. The zero-order chi connectivity index (χ0) is 12.9. The number of hydrogen-bond acceptors (Lipinski definition) is 4. The van der Waals surface area contributed by atoms with Crippen molar-refractivity contribution < 1.29 is 13.2 Å². The summed E-state index contributed by atoms with van der Waals surface area (Å²) in [5.41, 5.74) is 0. The summed E-state index contributed by atoms with van der Waals surface area (Å²) in [6, 6.07) is 0.0859. The van der Waals surface area contributed by atoms with Crippen LogP contribution in [0.1, 0.15) is 40.0 Å². The normalized spacial score (nSPS) is 27.2. The molecule has 1 fully saturated rings. The number of rotatable bonds is 7. The molecule has 0 amide bonds. The average molecular weight is 263 g/mol. The van der Waals surface area contributed by atoms with Gasteiger partial charge in [-0.05, 0) is 26.3 Å². The quantitative estimate of drug-likeness (QED) is 0.753. The van der Waals surface area contributed by atoms with Crippen molar-refractivity contribution in [1.82, 2.24) is 5.32 Å². The molecular weight excluding hydrogens is 238 g/mol. The highest BCUT2D eigenvalue weighted by molar-refractivity contribution is 7.92. The largest absolute Gasteiger partial charge is 0.377 e. The van der Waals surface area contributed by atoms with E-state index in [1.54, 1.807) is 0 Å². The Morgan fingerprint density at radius 2 is 2.12 bits per heavy atom. The Bertz CT molecular complexity index is 310. The van der Waals surface area contributed by atoms with E-state index in [2.05, 4.69) is 12.2 Å². The lowest BCUT2D eigenvalue weighted by molar-refractivity contribution is 0.126. The Balaban J connectivity index is 2.63. The van der Waals surface area contributed by atoms with E-state index in [1.807, 2.05) is 13.8 Å². The van der Waals surface area contributed by atoms with E-state index in [0.717, 1.165) is 19.4 Å². The molecule has 0 aliphatic carbocycles. The summed E-state index contributed by atoms with van der Waals surface area (Å²) in [7, 11) is -3.04. The van der Waals surface area contributed by atoms with Crippen LogP contribution in [-0.4, -0.2) is 44.7 Å². The molecule has 0 bridgehead atoms. The third kappa shape index (κ3) is 4.23. The fourth-order valence-electron chi connectivity index (χ4n) is 2.47. The van der Waals surface area contributed by atoms with Crippen LogP contribution >= 0.6 is 0 Å². The number of sulfone groups is 1. The number of nitrogens with one attached hydrogen (secondary N) is 1. The van der Waals surface area contributed by atoms with Gasteiger partial charge < -0.3 is 10.1 Å². The van der Waals surface area contributed by atoms with Crippen molar-refractivity contribution in [3.63, 3.8) is 0 Å². The first-order valence-electron chi connectivity index (χ1n) is 6.57. The molecule has 1 aliphatic rings. The van der Waals surface area contributed by atoms with Gasteiger partial charge in [-0.25, -0.2) is 8.42 Å². The third-order valence-corrected chi connectivity index (χ3v) is 5.74. The van der Waals surface area contributed by atoms with Crippen molar-refractivity contribution in [2.24, 2.45) is 0 Å². The predicted molar refractivity (Wildman–Crippen MR) is 70.0 cm³/mol. The second kappa shape index (κ2) is 6.71. The van der Waals surface area contributed by atoms with E-state index in [4.69, 9.17) is 4.74 Å². The van der Waals surface area contributed by atoms with Crippen molar-refractivity contribution >= 4 is 9.84 Å². The molecule has 1 N–H and O–H groups in total. The van der Waals surface area contributed by atoms with Gasteiger partial charge in [-0.2, -0.15) is 0 Å². The molecule has 1 heterocycles. The fraction of sp³-hybridized carbons (Fsp3) is 1.00. The predicted octanol–water partition coefficient (Wildman–Crippen LogP) is 1.36. The molecule has 102 valence electrons. The zero-order valence-electron chi connectivity index (χ0n) is 11.1. The summed E-state index contributed by atoms with van der Waals surface area (Å²) in [6.45, 7) is 7.34. The first-order chi connectivity index (χ1) is 8.01. The first-order valence-corrected chi connectivity index (χ1v) is 8.29. The second-order valence-electron chi connectivity index (χ2n) is 4.78. The molecular formula is C12H25NO3S. The molecule has 3 unspecified atom stereocenters. The van der Waals surface area contributed by atoms with Gasteiger partial charge in [-0.3, -0.25) is 0 Å². The number of ether oxygens (including phenoxy) is 1. The van der Waals surface area contributed by atoms with E-state index < -0.39 is 9.84 Å². The molecule has 0 aromatic carbocycles. The van der Waals surface area contributed by atoms with Gasteiger partial charge in [0.1, 0.15) is 0 Å². The maximum absolute atomic E-state index is 12.3. The Labute approximate surface area is 105 Å². The molecule has 1 aliphatic heterocycles. The van der Waals surface area contributed by atoms with Crippen LogP contribution in [0.3, 0.4) is 0 Å².